The Labute approximate surface area is 172 Å². The summed E-state index contributed by atoms with van der Waals surface area (Å²) < 4.78 is 6.49. The van der Waals surface area contributed by atoms with Gasteiger partial charge in [-0.05, 0) is 67.9 Å². The van der Waals surface area contributed by atoms with Crippen LogP contribution in [0.2, 0.25) is 0 Å². The highest BCUT2D eigenvalue weighted by molar-refractivity contribution is 9.10. The molecule has 0 aromatic carbocycles. The normalized spacial score (nSPS) is 25.1. The molecule has 2 amide bonds. The molecule has 4 unspecified atom stereocenters. The van der Waals surface area contributed by atoms with Crippen molar-refractivity contribution in [3.05, 3.63) is 20.8 Å². The van der Waals surface area contributed by atoms with Gasteiger partial charge in [0.25, 0.3) is 0 Å². The number of thiophene rings is 1. The first-order valence-corrected chi connectivity index (χ1v) is 10.8. The minimum atomic E-state index is -0.623. The highest BCUT2D eigenvalue weighted by Crippen LogP contribution is 2.43. The van der Waals surface area contributed by atoms with E-state index in [1.807, 2.05) is 32.2 Å². The highest BCUT2D eigenvalue weighted by atomic mass is 79.9. The average molecular weight is 454 g/mol. The number of carbonyl (C=O) groups is 2. The van der Waals surface area contributed by atoms with E-state index >= 15 is 0 Å². The lowest BCUT2D eigenvalue weighted by Crippen LogP contribution is -2.55. The van der Waals surface area contributed by atoms with Gasteiger partial charge in [-0.25, -0.2) is 4.79 Å². The van der Waals surface area contributed by atoms with E-state index in [0.717, 1.165) is 28.6 Å². The lowest BCUT2D eigenvalue weighted by atomic mass is 9.97. The summed E-state index contributed by atoms with van der Waals surface area (Å²) in [7, 11) is 0. The molecule has 1 N–H and O–H groups in total. The number of nitrogens with zero attached hydrogens (tertiary/aromatic N) is 2. The third-order valence-electron chi connectivity index (χ3n) is 4.96. The van der Waals surface area contributed by atoms with Gasteiger partial charge in [0.15, 0.2) is 0 Å². The Kier molecular flexibility index (Phi) is 5.82. The fraction of sp³-hybridized carbons (Fsp3) is 0.632. The quantitative estimate of drug-likeness (QED) is 0.750. The van der Waals surface area contributed by atoms with Crippen molar-refractivity contribution >= 4 is 39.3 Å². The molecule has 1 aromatic heterocycles. The lowest BCUT2D eigenvalue weighted by Gasteiger charge is -2.35. The molecular weight excluding hydrogens is 430 g/mol. The Hall–Kier alpha value is -1.59. The summed E-state index contributed by atoms with van der Waals surface area (Å²) in [5.41, 5.74) is -0.609. The molecule has 0 radical (unpaired) electrons. The minimum Gasteiger partial charge on any atom is -0.444 e. The van der Waals surface area contributed by atoms with E-state index in [4.69, 9.17) is 4.74 Å². The third kappa shape index (κ3) is 4.64. The molecule has 3 rings (SSSR count). The first-order chi connectivity index (χ1) is 12.7. The van der Waals surface area contributed by atoms with Gasteiger partial charge in [-0.1, -0.05) is 0 Å². The predicted octanol–water partition coefficient (Wildman–Crippen LogP) is 3.85. The third-order valence-corrected chi connectivity index (χ3v) is 6.68. The van der Waals surface area contributed by atoms with Gasteiger partial charge in [0.1, 0.15) is 17.7 Å². The van der Waals surface area contributed by atoms with Crippen LogP contribution in [0.15, 0.2) is 15.9 Å². The zero-order chi connectivity index (χ0) is 19.8. The summed E-state index contributed by atoms with van der Waals surface area (Å²) in [4.78, 5) is 28.3. The van der Waals surface area contributed by atoms with Crippen molar-refractivity contribution in [1.82, 2.24) is 10.2 Å². The molecule has 146 valence electrons. The van der Waals surface area contributed by atoms with Crippen molar-refractivity contribution < 1.29 is 14.3 Å². The number of hydrogen-bond donors (Lipinski definition) is 1. The monoisotopic (exact) mass is 453 g/mol. The van der Waals surface area contributed by atoms with Crippen LogP contribution in [0.1, 0.15) is 44.9 Å². The fourth-order valence-electron chi connectivity index (χ4n) is 3.95. The van der Waals surface area contributed by atoms with Gasteiger partial charge in [0.05, 0.1) is 6.07 Å². The summed E-state index contributed by atoms with van der Waals surface area (Å²) >= 11 is 4.94. The summed E-state index contributed by atoms with van der Waals surface area (Å²) in [5, 5.41) is 14.3. The van der Waals surface area contributed by atoms with E-state index in [2.05, 4.69) is 27.3 Å². The van der Waals surface area contributed by atoms with Crippen LogP contribution < -0.4 is 5.32 Å². The highest BCUT2D eigenvalue weighted by Gasteiger charge is 2.52. The van der Waals surface area contributed by atoms with Gasteiger partial charge in [-0.3, -0.25) is 9.69 Å². The SMILES string of the molecule is CC(C)(C)OC(=O)N1C2CCC(C2)C1C(=O)NC(C#N)Cc1cc(Br)cs1. The molecule has 6 nitrogen and oxygen atoms in total. The average Bonchev–Trinajstić information content (AvgIpc) is 3.27. The van der Waals surface area contributed by atoms with Gasteiger partial charge in [0, 0.05) is 27.2 Å². The van der Waals surface area contributed by atoms with Gasteiger partial charge in [-0.2, -0.15) is 5.26 Å². The molecule has 2 bridgehead atoms. The minimum absolute atomic E-state index is 0.0504. The molecule has 1 aliphatic heterocycles. The molecule has 1 saturated carbocycles. The van der Waals surface area contributed by atoms with Crippen molar-refractivity contribution in [2.45, 2.75) is 70.2 Å². The maximum absolute atomic E-state index is 13.0. The summed E-state index contributed by atoms with van der Waals surface area (Å²) in [6, 6.07) is 2.99. The number of likely N-dealkylation sites (tertiary alicyclic amines) is 1. The number of nitriles is 1. The number of carbonyl (C=O) groups excluding carboxylic acids is 2. The topological polar surface area (TPSA) is 82.4 Å². The van der Waals surface area contributed by atoms with E-state index in [1.165, 1.54) is 0 Å². The second-order valence-electron chi connectivity index (χ2n) is 8.19. The Bertz CT molecular complexity index is 767. The molecule has 1 saturated heterocycles. The fourth-order valence-corrected chi connectivity index (χ4v) is 5.45. The number of piperidine rings is 1. The molecular formula is C19H24BrN3O3S. The number of halogens is 1. The molecule has 1 aromatic rings. The largest absolute Gasteiger partial charge is 0.444 e. The van der Waals surface area contributed by atoms with Crippen LogP contribution in [0.3, 0.4) is 0 Å². The molecule has 2 aliphatic rings. The zero-order valence-electron chi connectivity index (χ0n) is 15.7. The van der Waals surface area contributed by atoms with Gasteiger partial charge in [0.2, 0.25) is 5.91 Å². The Balaban J connectivity index is 1.69. The smallest absolute Gasteiger partial charge is 0.411 e. The number of hydrogen-bond acceptors (Lipinski definition) is 5. The van der Waals surface area contributed by atoms with Crippen molar-refractivity contribution in [3.8, 4) is 6.07 Å². The molecule has 2 fully saturated rings. The van der Waals surface area contributed by atoms with Crippen molar-refractivity contribution in [2.24, 2.45) is 5.92 Å². The number of rotatable bonds is 4. The predicted molar refractivity (Wildman–Crippen MR) is 106 cm³/mol. The number of nitrogens with one attached hydrogen (secondary N) is 1. The van der Waals surface area contributed by atoms with Gasteiger partial charge < -0.3 is 10.1 Å². The van der Waals surface area contributed by atoms with Crippen LogP contribution in [0.25, 0.3) is 0 Å². The van der Waals surface area contributed by atoms with Crippen molar-refractivity contribution in [1.29, 1.82) is 5.26 Å². The second-order valence-corrected chi connectivity index (χ2v) is 10.1. The van der Waals surface area contributed by atoms with Crippen molar-refractivity contribution in [2.75, 3.05) is 0 Å². The summed E-state index contributed by atoms with van der Waals surface area (Å²) in [6.45, 7) is 5.46. The molecule has 1 aliphatic carbocycles. The van der Waals surface area contributed by atoms with Crippen LogP contribution in [0.5, 0.6) is 0 Å². The van der Waals surface area contributed by atoms with E-state index in [9.17, 15) is 14.9 Å². The Morgan fingerprint density at radius 2 is 2.22 bits per heavy atom. The zero-order valence-corrected chi connectivity index (χ0v) is 18.1. The van der Waals surface area contributed by atoms with Crippen LogP contribution in [-0.2, 0) is 16.0 Å². The number of ether oxygens (including phenoxy) is 1. The Morgan fingerprint density at radius 1 is 1.48 bits per heavy atom. The van der Waals surface area contributed by atoms with E-state index in [1.54, 1.807) is 16.2 Å². The maximum atomic E-state index is 13.0. The molecule has 4 atom stereocenters. The Morgan fingerprint density at radius 3 is 2.81 bits per heavy atom. The number of fused-ring (bicyclic) bond motifs is 2. The van der Waals surface area contributed by atoms with Crippen LogP contribution >= 0.6 is 27.3 Å². The molecule has 8 heteroatoms. The summed E-state index contributed by atoms with van der Waals surface area (Å²) in [5.74, 6) is -0.118. The van der Waals surface area contributed by atoms with Gasteiger partial charge >= 0.3 is 6.09 Å². The van der Waals surface area contributed by atoms with E-state index < -0.39 is 23.8 Å². The standard InChI is InChI=1S/C19H24BrN3O3S/c1-19(2,3)26-18(25)23-14-5-4-11(6-14)16(23)17(24)22-13(9-21)8-15-7-12(20)10-27-15/h7,10-11,13-14,16H,4-6,8H2,1-3H3,(H,22,24). The van der Waals surface area contributed by atoms with Gasteiger partial charge in [-0.15, -0.1) is 11.3 Å². The van der Waals surface area contributed by atoms with E-state index in [-0.39, 0.29) is 17.9 Å². The van der Waals surface area contributed by atoms with Crippen LogP contribution in [0.4, 0.5) is 4.79 Å². The molecule has 27 heavy (non-hydrogen) atoms. The van der Waals surface area contributed by atoms with Crippen molar-refractivity contribution in [3.63, 3.8) is 0 Å². The van der Waals surface area contributed by atoms with E-state index in [0.29, 0.717) is 6.42 Å². The lowest BCUT2D eigenvalue weighted by molar-refractivity contribution is -0.128. The maximum Gasteiger partial charge on any atom is 0.411 e. The van der Waals surface area contributed by atoms with Crippen LogP contribution in [-0.4, -0.2) is 40.6 Å². The molecule has 0 spiro atoms. The van der Waals surface area contributed by atoms with Crippen LogP contribution in [0, 0.1) is 17.2 Å². The first-order valence-electron chi connectivity index (χ1n) is 9.12. The number of amides is 2. The summed E-state index contributed by atoms with van der Waals surface area (Å²) in [6.07, 6.45) is 2.67. The second kappa shape index (κ2) is 7.80. The first kappa shape index (κ1) is 20.2. The molecule has 2 heterocycles.